The van der Waals surface area contributed by atoms with Crippen LogP contribution in [0.5, 0.6) is 0 Å². The maximum absolute atomic E-state index is 12.9. The number of aromatic nitrogens is 2. The number of nitrogens with zero attached hydrogens (tertiary/aromatic N) is 3. The predicted molar refractivity (Wildman–Crippen MR) is 110 cm³/mol. The van der Waals surface area contributed by atoms with Gasteiger partial charge in [0.05, 0.1) is 10.9 Å². The summed E-state index contributed by atoms with van der Waals surface area (Å²) in [7, 11) is 0. The Morgan fingerprint density at radius 2 is 1.58 bits per heavy atom. The highest BCUT2D eigenvalue weighted by Crippen LogP contribution is 2.11. The third-order valence-electron chi connectivity index (χ3n) is 5.17. The van der Waals surface area contributed by atoms with E-state index in [1.54, 1.807) is 4.57 Å². The van der Waals surface area contributed by atoms with Crippen LogP contribution in [0, 0.1) is 0 Å². The first-order valence-corrected chi connectivity index (χ1v) is 9.67. The fourth-order valence-corrected chi connectivity index (χ4v) is 3.74. The zero-order valence-corrected chi connectivity index (χ0v) is 16.5. The van der Waals surface area contributed by atoms with Gasteiger partial charge in [0.1, 0.15) is 0 Å². The number of likely N-dealkylation sites (tertiary alicyclic amines) is 1. The van der Waals surface area contributed by atoms with Crippen LogP contribution in [0.25, 0.3) is 10.9 Å². The SMILES string of the molecule is CCCCn1c(=O)c2ccccc2n(CCCN2CCCCC2)c1=O.Cl. The van der Waals surface area contributed by atoms with Gasteiger partial charge in [-0.3, -0.25) is 13.9 Å². The molecule has 1 aromatic heterocycles. The summed E-state index contributed by atoms with van der Waals surface area (Å²) in [4.78, 5) is 28.1. The quantitative estimate of drug-likeness (QED) is 0.741. The molecule has 0 bridgehead atoms. The summed E-state index contributed by atoms with van der Waals surface area (Å²) < 4.78 is 3.23. The van der Waals surface area contributed by atoms with Crippen molar-refractivity contribution in [3.8, 4) is 0 Å². The molecule has 0 radical (unpaired) electrons. The largest absolute Gasteiger partial charge is 0.331 e. The van der Waals surface area contributed by atoms with E-state index in [9.17, 15) is 9.59 Å². The summed E-state index contributed by atoms with van der Waals surface area (Å²) in [6.07, 6.45) is 6.66. The normalized spacial score (nSPS) is 15.1. The lowest BCUT2D eigenvalue weighted by Gasteiger charge is -2.26. The Labute approximate surface area is 161 Å². The van der Waals surface area contributed by atoms with Crippen LogP contribution in [0.3, 0.4) is 0 Å². The molecule has 0 aliphatic carbocycles. The van der Waals surface area contributed by atoms with Crippen LogP contribution in [-0.2, 0) is 13.1 Å². The lowest BCUT2D eigenvalue weighted by Crippen LogP contribution is -2.40. The van der Waals surface area contributed by atoms with Crippen LogP contribution in [0.1, 0.15) is 45.4 Å². The minimum Gasteiger partial charge on any atom is -0.303 e. The van der Waals surface area contributed by atoms with E-state index in [0.717, 1.165) is 31.3 Å². The summed E-state index contributed by atoms with van der Waals surface area (Å²) in [5.74, 6) is 0. The Balaban J connectivity index is 0.00000243. The molecule has 6 heteroatoms. The fourth-order valence-electron chi connectivity index (χ4n) is 3.74. The topological polar surface area (TPSA) is 47.2 Å². The van der Waals surface area contributed by atoms with Gasteiger partial charge in [0.15, 0.2) is 0 Å². The van der Waals surface area contributed by atoms with Gasteiger partial charge in [-0.15, -0.1) is 12.4 Å². The van der Waals surface area contributed by atoms with Gasteiger partial charge in [0.2, 0.25) is 0 Å². The van der Waals surface area contributed by atoms with E-state index in [4.69, 9.17) is 0 Å². The minimum absolute atomic E-state index is 0. The molecule has 0 N–H and O–H groups in total. The van der Waals surface area contributed by atoms with Crippen molar-refractivity contribution in [3.05, 3.63) is 45.1 Å². The highest BCUT2D eigenvalue weighted by Gasteiger charge is 2.14. The Hall–Kier alpha value is -1.59. The molecular weight excluding hydrogens is 350 g/mol. The molecule has 2 heterocycles. The lowest BCUT2D eigenvalue weighted by atomic mass is 10.1. The van der Waals surface area contributed by atoms with E-state index in [1.165, 1.54) is 36.9 Å². The average molecular weight is 380 g/mol. The van der Waals surface area contributed by atoms with Crippen LogP contribution in [0.4, 0.5) is 0 Å². The van der Waals surface area contributed by atoms with E-state index < -0.39 is 0 Å². The molecule has 26 heavy (non-hydrogen) atoms. The maximum Gasteiger partial charge on any atom is 0.331 e. The van der Waals surface area contributed by atoms with Crippen LogP contribution in [0.2, 0.25) is 0 Å². The minimum atomic E-state index is -0.157. The van der Waals surface area contributed by atoms with Gasteiger partial charge >= 0.3 is 5.69 Å². The number of rotatable bonds is 7. The summed E-state index contributed by atoms with van der Waals surface area (Å²) in [5, 5.41) is 0.649. The zero-order valence-electron chi connectivity index (χ0n) is 15.7. The second-order valence-electron chi connectivity index (χ2n) is 7.02. The van der Waals surface area contributed by atoms with Crippen molar-refractivity contribution in [1.29, 1.82) is 0 Å². The van der Waals surface area contributed by atoms with Crippen molar-refractivity contribution in [2.24, 2.45) is 0 Å². The van der Waals surface area contributed by atoms with Crippen molar-refractivity contribution in [3.63, 3.8) is 0 Å². The number of unbranched alkanes of at least 4 members (excludes halogenated alkanes) is 1. The average Bonchev–Trinajstić information content (AvgIpc) is 2.65. The van der Waals surface area contributed by atoms with Crippen molar-refractivity contribution < 1.29 is 0 Å². The van der Waals surface area contributed by atoms with Crippen LogP contribution >= 0.6 is 12.4 Å². The van der Waals surface area contributed by atoms with Crippen LogP contribution < -0.4 is 11.2 Å². The van der Waals surface area contributed by atoms with Gasteiger partial charge in [-0.25, -0.2) is 4.79 Å². The summed E-state index contributed by atoms with van der Waals surface area (Å²) in [6.45, 7) is 6.61. The third kappa shape index (κ3) is 4.57. The second-order valence-corrected chi connectivity index (χ2v) is 7.02. The second kappa shape index (κ2) is 9.93. The van der Waals surface area contributed by atoms with Gasteiger partial charge in [-0.1, -0.05) is 31.9 Å². The molecule has 1 fully saturated rings. The van der Waals surface area contributed by atoms with Crippen molar-refractivity contribution in [2.45, 2.75) is 58.5 Å². The smallest absolute Gasteiger partial charge is 0.303 e. The van der Waals surface area contributed by atoms with Crippen LogP contribution in [0.15, 0.2) is 33.9 Å². The van der Waals surface area contributed by atoms with Crippen molar-refractivity contribution in [1.82, 2.24) is 14.0 Å². The monoisotopic (exact) mass is 379 g/mol. The van der Waals surface area contributed by atoms with E-state index in [0.29, 0.717) is 18.5 Å². The Bertz CT molecular complexity index is 822. The van der Waals surface area contributed by atoms with E-state index in [1.807, 2.05) is 24.3 Å². The molecule has 1 aliphatic heterocycles. The molecule has 5 nitrogen and oxygen atoms in total. The predicted octanol–water partition coefficient (Wildman–Crippen LogP) is 3.26. The highest BCUT2D eigenvalue weighted by atomic mass is 35.5. The first kappa shape index (κ1) is 20.7. The molecule has 1 saturated heterocycles. The lowest BCUT2D eigenvalue weighted by molar-refractivity contribution is 0.222. The molecular formula is C20H30ClN3O2. The molecule has 0 unspecified atom stereocenters. The van der Waals surface area contributed by atoms with Crippen molar-refractivity contribution >= 4 is 23.3 Å². The van der Waals surface area contributed by atoms with Gasteiger partial charge in [0.25, 0.3) is 5.56 Å². The Kier molecular flexibility index (Phi) is 7.91. The molecule has 0 spiro atoms. The standard InChI is InChI=1S/C20H29N3O2.ClH/c1-2-3-15-23-19(24)17-10-5-6-11-18(17)22(20(23)25)16-9-14-21-12-7-4-8-13-21;/h5-6,10-11H,2-4,7-9,12-16H2,1H3;1H. The number of piperidine rings is 1. The van der Waals surface area contributed by atoms with Gasteiger partial charge in [0, 0.05) is 13.1 Å². The summed E-state index contributed by atoms with van der Waals surface area (Å²) in [6, 6.07) is 7.50. The number of halogens is 1. The van der Waals surface area contributed by atoms with Crippen LogP contribution in [-0.4, -0.2) is 33.7 Å². The first-order chi connectivity index (χ1) is 12.2. The number of fused-ring (bicyclic) bond motifs is 1. The van der Waals surface area contributed by atoms with E-state index >= 15 is 0 Å². The Morgan fingerprint density at radius 1 is 0.885 bits per heavy atom. The number of para-hydroxylation sites is 1. The number of benzene rings is 1. The zero-order chi connectivity index (χ0) is 17.6. The summed E-state index contributed by atoms with van der Waals surface area (Å²) in [5.41, 5.74) is 0.459. The third-order valence-corrected chi connectivity index (χ3v) is 5.17. The van der Waals surface area contributed by atoms with Gasteiger partial charge in [-0.05, 0) is 57.5 Å². The molecule has 0 atom stereocenters. The molecule has 1 aliphatic rings. The molecule has 1 aromatic carbocycles. The molecule has 2 aromatic rings. The number of hydrogen-bond acceptors (Lipinski definition) is 3. The van der Waals surface area contributed by atoms with E-state index in [-0.39, 0.29) is 23.7 Å². The number of aryl methyl sites for hydroxylation is 1. The highest BCUT2D eigenvalue weighted by molar-refractivity contribution is 5.85. The maximum atomic E-state index is 12.9. The summed E-state index contributed by atoms with van der Waals surface area (Å²) >= 11 is 0. The van der Waals surface area contributed by atoms with Gasteiger partial charge in [-0.2, -0.15) is 0 Å². The Morgan fingerprint density at radius 3 is 2.31 bits per heavy atom. The fraction of sp³-hybridized carbons (Fsp3) is 0.600. The first-order valence-electron chi connectivity index (χ1n) is 9.67. The van der Waals surface area contributed by atoms with Crippen molar-refractivity contribution in [2.75, 3.05) is 19.6 Å². The molecule has 144 valence electrons. The van der Waals surface area contributed by atoms with Gasteiger partial charge < -0.3 is 4.90 Å². The molecule has 3 rings (SSSR count). The molecule has 0 amide bonds. The van der Waals surface area contributed by atoms with E-state index in [2.05, 4.69) is 11.8 Å². The number of hydrogen-bond donors (Lipinski definition) is 0. The molecule has 0 saturated carbocycles.